The second kappa shape index (κ2) is 6.38. The second-order valence-electron chi connectivity index (χ2n) is 4.41. The fourth-order valence-corrected chi connectivity index (χ4v) is 2.88. The van der Waals surface area contributed by atoms with Gasteiger partial charge >= 0.3 is 0 Å². The van der Waals surface area contributed by atoms with Gasteiger partial charge in [0.2, 0.25) is 0 Å². The zero-order valence-electron chi connectivity index (χ0n) is 11.4. The van der Waals surface area contributed by atoms with Crippen molar-refractivity contribution < 1.29 is 5.21 Å². The molecular formula is C14H16N4OS. The van der Waals surface area contributed by atoms with Gasteiger partial charge in [-0.2, -0.15) is 0 Å². The molecule has 0 spiro atoms. The molecule has 0 radical (unpaired) electrons. The summed E-state index contributed by atoms with van der Waals surface area (Å²) < 4.78 is 0. The molecule has 2 aromatic heterocycles. The Hall–Kier alpha value is -2.08. The highest BCUT2D eigenvalue weighted by Gasteiger charge is 2.09. The number of oxime groups is 1. The molecule has 0 bridgehead atoms. The standard InChI is InChI=1S/C14H16N4OS/c1-9-6-10(2)17-12(7-9)20-8-11-4-3-5-16-13(11)14(15)18-19/h3-7,19H,8H2,1-2H3,(H2,15,18). The summed E-state index contributed by atoms with van der Waals surface area (Å²) >= 11 is 1.60. The average molecular weight is 288 g/mol. The van der Waals surface area contributed by atoms with Gasteiger partial charge in [0.25, 0.3) is 0 Å². The number of hydrogen-bond donors (Lipinski definition) is 2. The fraction of sp³-hybridized carbons (Fsp3) is 0.214. The molecule has 0 saturated carbocycles. The van der Waals surface area contributed by atoms with E-state index in [0.29, 0.717) is 11.4 Å². The Kier molecular flexibility index (Phi) is 4.57. The van der Waals surface area contributed by atoms with E-state index in [1.807, 2.05) is 38.1 Å². The van der Waals surface area contributed by atoms with Gasteiger partial charge in [-0.05, 0) is 43.2 Å². The van der Waals surface area contributed by atoms with Gasteiger partial charge in [0.1, 0.15) is 5.69 Å². The predicted octanol–water partition coefficient (Wildman–Crippen LogP) is 2.48. The van der Waals surface area contributed by atoms with Gasteiger partial charge in [0.05, 0.1) is 5.03 Å². The van der Waals surface area contributed by atoms with Crippen molar-refractivity contribution in [3.8, 4) is 0 Å². The largest absolute Gasteiger partial charge is 0.409 e. The van der Waals surface area contributed by atoms with Gasteiger partial charge in [-0.3, -0.25) is 4.98 Å². The maximum absolute atomic E-state index is 8.77. The highest BCUT2D eigenvalue weighted by molar-refractivity contribution is 7.98. The van der Waals surface area contributed by atoms with Crippen LogP contribution in [-0.2, 0) is 5.75 Å². The summed E-state index contributed by atoms with van der Waals surface area (Å²) in [5.41, 5.74) is 9.22. The van der Waals surface area contributed by atoms with Crippen LogP contribution in [-0.4, -0.2) is 21.0 Å². The average Bonchev–Trinajstić information content (AvgIpc) is 2.43. The van der Waals surface area contributed by atoms with Crippen molar-refractivity contribution in [2.45, 2.75) is 24.6 Å². The molecule has 5 nitrogen and oxygen atoms in total. The molecular weight excluding hydrogens is 272 g/mol. The first-order valence-electron chi connectivity index (χ1n) is 6.10. The maximum Gasteiger partial charge on any atom is 0.189 e. The van der Waals surface area contributed by atoms with Crippen LogP contribution in [0.1, 0.15) is 22.5 Å². The summed E-state index contributed by atoms with van der Waals surface area (Å²) in [6.07, 6.45) is 1.62. The molecule has 0 aliphatic carbocycles. The summed E-state index contributed by atoms with van der Waals surface area (Å²) in [4.78, 5) is 8.62. The van der Waals surface area contributed by atoms with Crippen molar-refractivity contribution in [1.82, 2.24) is 9.97 Å². The minimum absolute atomic E-state index is 0.0228. The Morgan fingerprint density at radius 1 is 1.40 bits per heavy atom. The first-order valence-corrected chi connectivity index (χ1v) is 7.08. The Bertz CT molecular complexity index is 623. The molecule has 0 unspecified atom stereocenters. The van der Waals surface area contributed by atoms with Crippen LogP contribution in [0.5, 0.6) is 0 Å². The van der Waals surface area contributed by atoms with Crippen LogP contribution in [0.3, 0.4) is 0 Å². The summed E-state index contributed by atoms with van der Waals surface area (Å²) in [5.74, 6) is 0.685. The van der Waals surface area contributed by atoms with Gasteiger partial charge in [0.15, 0.2) is 5.84 Å². The Balaban J connectivity index is 2.19. The van der Waals surface area contributed by atoms with Crippen LogP contribution in [0.2, 0.25) is 0 Å². The lowest BCUT2D eigenvalue weighted by Crippen LogP contribution is -2.17. The third-order valence-corrected chi connectivity index (χ3v) is 3.65. The zero-order valence-corrected chi connectivity index (χ0v) is 12.2. The van der Waals surface area contributed by atoms with E-state index in [9.17, 15) is 0 Å². The SMILES string of the molecule is Cc1cc(C)nc(SCc2cccnc2/C(N)=N/O)c1. The van der Waals surface area contributed by atoms with Crippen LogP contribution in [0.15, 0.2) is 40.6 Å². The van der Waals surface area contributed by atoms with Crippen molar-refractivity contribution in [3.05, 3.63) is 53.0 Å². The summed E-state index contributed by atoms with van der Waals surface area (Å²) in [5, 5.41) is 12.7. The number of nitrogens with zero attached hydrogens (tertiary/aromatic N) is 3. The molecule has 0 aromatic carbocycles. The van der Waals surface area contributed by atoms with E-state index < -0.39 is 0 Å². The molecule has 2 heterocycles. The molecule has 104 valence electrons. The minimum atomic E-state index is 0.0228. The summed E-state index contributed by atoms with van der Waals surface area (Å²) in [6, 6.07) is 7.82. The van der Waals surface area contributed by atoms with Crippen LogP contribution < -0.4 is 5.73 Å². The van der Waals surface area contributed by atoms with Gasteiger partial charge in [-0.15, -0.1) is 11.8 Å². The smallest absolute Gasteiger partial charge is 0.189 e. The highest BCUT2D eigenvalue weighted by Crippen LogP contribution is 2.23. The number of thioether (sulfide) groups is 1. The molecule has 3 N–H and O–H groups in total. The first-order chi connectivity index (χ1) is 9.60. The van der Waals surface area contributed by atoms with E-state index in [1.54, 1.807) is 18.0 Å². The van der Waals surface area contributed by atoms with E-state index in [-0.39, 0.29) is 5.84 Å². The lowest BCUT2D eigenvalue weighted by atomic mass is 10.2. The van der Waals surface area contributed by atoms with Gasteiger partial charge in [0, 0.05) is 17.6 Å². The van der Waals surface area contributed by atoms with E-state index in [4.69, 9.17) is 10.9 Å². The number of nitrogens with two attached hydrogens (primary N) is 1. The summed E-state index contributed by atoms with van der Waals surface area (Å²) in [7, 11) is 0. The Morgan fingerprint density at radius 3 is 2.90 bits per heavy atom. The van der Waals surface area contributed by atoms with Gasteiger partial charge < -0.3 is 10.9 Å². The minimum Gasteiger partial charge on any atom is -0.409 e. The van der Waals surface area contributed by atoms with Crippen molar-refractivity contribution >= 4 is 17.6 Å². The molecule has 0 fully saturated rings. The summed E-state index contributed by atoms with van der Waals surface area (Å²) in [6.45, 7) is 4.02. The number of aromatic nitrogens is 2. The first kappa shape index (κ1) is 14.3. The number of pyridine rings is 2. The quantitative estimate of drug-likeness (QED) is 0.297. The molecule has 20 heavy (non-hydrogen) atoms. The topological polar surface area (TPSA) is 84.4 Å². The molecule has 6 heteroatoms. The normalized spacial score (nSPS) is 11.6. The second-order valence-corrected chi connectivity index (χ2v) is 5.40. The Labute approximate surface area is 121 Å². The van der Waals surface area contributed by atoms with Crippen LogP contribution >= 0.6 is 11.8 Å². The number of hydrogen-bond acceptors (Lipinski definition) is 5. The monoisotopic (exact) mass is 288 g/mol. The third kappa shape index (κ3) is 3.48. The van der Waals surface area contributed by atoms with E-state index >= 15 is 0 Å². The lowest BCUT2D eigenvalue weighted by molar-refractivity contribution is 0.318. The zero-order chi connectivity index (χ0) is 14.5. The molecule has 0 aliphatic rings. The molecule has 0 amide bonds. The predicted molar refractivity (Wildman–Crippen MR) is 80.0 cm³/mol. The van der Waals surface area contributed by atoms with Crippen molar-refractivity contribution in [1.29, 1.82) is 0 Å². The Morgan fingerprint density at radius 2 is 2.20 bits per heavy atom. The van der Waals surface area contributed by atoms with Crippen LogP contribution in [0.25, 0.3) is 0 Å². The highest BCUT2D eigenvalue weighted by atomic mass is 32.2. The van der Waals surface area contributed by atoms with Crippen molar-refractivity contribution in [2.75, 3.05) is 0 Å². The van der Waals surface area contributed by atoms with Crippen LogP contribution in [0, 0.1) is 13.8 Å². The van der Waals surface area contributed by atoms with E-state index in [0.717, 1.165) is 16.3 Å². The van der Waals surface area contributed by atoms with Crippen molar-refractivity contribution in [2.24, 2.45) is 10.9 Å². The van der Waals surface area contributed by atoms with Crippen LogP contribution in [0.4, 0.5) is 0 Å². The third-order valence-electron chi connectivity index (χ3n) is 2.69. The molecule has 0 saturated heterocycles. The fourth-order valence-electron chi connectivity index (χ4n) is 1.86. The van der Waals surface area contributed by atoms with Gasteiger partial charge in [-0.1, -0.05) is 11.2 Å². The van der Waals surface area contributed by atoms with Gasteiger partial charge in [-0.25, -0.2) is 4.98 Å². The van der Waals surface area contributed by atoms with E-state index in [1.165, 1.54) is 5.56 Å². The molecule has 2 rings (SSSR count). The number of aryl methyl sites for hydroxylation is 2. The maximum atomic E-state index is 8.77. The number of rotatable bonds is 4. The van der Waals surface area contributed by atoms with E-state index in [2.05, 4.69) is 15.1 Å². The molecule has 0 atom stereocenters. The molecule has 0 aliphatic heterocycles. The van der Waals surface area contributed by atoms with Crippen molar-refractivity contribution in [3.63, 3.8) is 0 Å². The molecule has 2 aromatic rings. The lowest BCUT2D eigenvalue weighted by Gasteiger charge is -2.07. The number of amidine groups is 1.